The Bertz CT molecular complexity index is 253. The van der Waals surface area contributed by atoms with Crippen molar-refractivity contribution >= 4 is 25.2 Å². The van der Waals surface area contributed by atoms with Crippen molar-refractivity contribution in [3.05, 3.63) is 24.3 Å². The van der Waals surface area contributed by atoms with Crippen LogP contribution in [0.5, 0.6) is 0 Å². The summed E-state index contributed by atoms with van der Waals surface area (Å²) >= 11 is 0. The summed E-state index contributed by atoms with van der Waals surface area (Å²) in [5.41, 5.74) is 1.31. The van der Waals surface area contributed by atoms with Crippen molar-refractivity contribution in [1.82, 2.24) is 0 Å². The van der Waals surface area contributed by atoms with Crippen LogP contribution in [0.3, 0.4) is 0 Å². The predicted octanol–water partition coefficient (Wildman–Crippen LogP) is -0.882. The molecule has 0 amide bonds. The molecule has 1 aromatic carbocycles. The Labute approximate surface area is 78.6 Å². The van der Waals surface area contributed by atoms with Crippen molar-refractivity contribution in [2.75, 3.05) is 0 Å². The molecule has 0 atom stereocenters. The van der Waals surface area contributed by atoms with Gasteiger partial charge in [-0.15, -0.1) is 0 Å². The highest BCUT2D eigenvalue weighted by molar-refractivity contribution is 6.84. The van der Waals surface area contributed by atoms with Crippen LogP contribution in [0, 0.1) is 0 Å². The van der Waals surface area contributed by atoms with E-state index in [9.17, 15) is 0 Å². The molecule has 0 unspecified atom stereocenters. The summed E-state index contributed by atoms with van der Waals surface area (Å²) in [7, 11) is -1.94. The van der Waals surface area contributed by atoms with Crippen LogP contribution in [0.4, 0.5) is 0 Å². The third kappa shape index (κ3) is 1.94. The average molecular weight is 178 g/mol. The molecule has 0 spiro atoms. The second-order valence-electron chi connectivity index (χ2n) is 2.47. The summed E-state index contributed by atoms with van der Waals surface area (Å²) in [6.07, 6.45) is 0. The largest absolute Gasteiger partial charge is 0.477 e. The molecule has 1 aliphatic heterocycles. The van der Waals surface area contributed by atoms with Crippen molar-refractivity contribution < 1.29 is 14.6 Å². The first-order valence-corrected chi connectivity index (χ1v) is 4.39. The highest BCUT2D eigenvalue weighted by Gasteiger charge is 2.37. The fourth-order valence-corrected chi connectivity index (χ4v) is 1.23. The molecule has 5 heteroatoms. The van der Waals surface area contributed by atoms with Gasteiger partial charge in [0.1, 0.15) is 0 Å². The lowest BCUT2D eigenvalue weighted by molar-refractivity contribution is 0.386. The molecule has 0 fully saturated rings. The number of benzene rings is 1. The fraction of sp³-hybridized carbons (Fsp3) is 0.250. The summed E-state index contributed by atoms with van der Waals surface area (Å²) in [5, 5.41) is 18.3. The van der Waals surface area contributed by atoms with Crippen LogP contribution >= 0.6 is 0 Å². The molecule has 0 radical (unpaired) electrons. The SMILES string of the molecule is CC.OB1OB(O)c2ccccc21. The Hall–Kier alpha value is -0.770. The zero-order chi connectivity index (χ0) is 9.84. The smallest absolute Gasteiger partial charge is 0.443 e. The summed E-state index contributed by atoms with van der Waals surface area (Å²) in [5.74, 6) is 0. The normalized spacial score (nSPS) is 13.5. The van der Waals surface area contributed by atoms with E-state index >= 15 is 0 Å². The number of hydrogen-bond donors (Lipinski definition) is 2. The van der Waals surface area contributed by atoms with Crippen LogP contribution in [0.25, 0.3) is 0 Å². The van der Waals surface area contributed by atoms with E-state index in [0.29, 0.717) is 10.9 Å². The Morgan fingerprint density at radius 3 is 1.77 bits per heavy atom. The summed E-state index contributed by atoms with van der Waals surface area (Å²) in [6.45, 7) is 4.00. The van der Waals surface area contributed by atoms with Crippen molar-refractivity contribution in [2.24, 2.45) is 0 Å². The number of hydrogen-bond acceptors (Lipinski definition) is 3. The lowest BCUT2D eigenvalue weighted by Crippen LogP contribution is -2.35. The van der Waals surface area contributed by atoms with Gasteiger partial charge in [0.05, 0.1) is 0 Å². The summed E-state index contributed by atoms with van der Waals surface area (Å²) < 4.78 is 4.74. The van der Waals surface area contributed by atoms with Crippen LogP contribution in [-0.2, 0) is 4.57 Å². The quantitative estimate of drug-likeness (QED) is 0.507. The van der Waals surface area contributed by atoms with Gasteiger partial charge in [0, 0.05) is 0 Å². The fourth-order valence-electron chi connectivity index (χ4n) is 1.23. The molecule has 13 heavy (non-hydrogen) atoms. The van der Waals surface area contributed by atoms with E-state index < -0.39 is 14.2 Å². The molecular weight excluding hydrogens is 166 g/mol. The zero-order valence-electron chi connectivity index (χ0n) is 7.77. The van der Waals surface area contributed by atoms with Crippen molar-refractivity contribution in [3.8, 4) is 0 Å². The van der Waals surface area contributed by atoms with Crippen LogP contribution in [0.2, 0.25) is 0 Å². The Morgan fingerprint density at radius 1 is 1.00 bits per heavy atom. The van der Waals surface area contributed by atoms with Gasteiger partial charge in [0.15, 0.2) is 0 Å². The standard InChI is InChI=1S/C6H6B2O3.C2H6/c9-7-5-3-1-2-4-6(5)8(10)11-7;1-2/h1-4,9-10H;1-2H3. The van der Waals surface area contributed by atoms with Crippen molar-refractivity contribution in [2.45, 2.75) is 13.8 Å². The highest BCUT2D eigenvalue weighted by atomic mass is 16.6. The van der Waals surface area contributed by atoms with Crippen LogP contribution in [-0.4, -0.2) is 24.3 Å². The minimum Gasteiger partial charge on any atom is -0.443 e. The van der Waals surface area contributed by atoms with Crippen molar-refractivity contribution in [3.63, 3.8) is 0 Å². The van der Waals surface area contributed by atoms with Gasteiger partial charge in [0.25, 0.3) is 0 Å². The third-order valence-electron chi connectivity index (χ3n) is 1.79. The van der Waals surface area contributed by atoms with Crippen LogP contribution in [0.15, 0.2) is 24.3 Å². The van der Waals surface area contributed by atoms with E-state index in [1.807, 2.05) is 13.8 Å². The molecule has 0 saturated heterocycles. The highest BCUT2D eigenvalue weighted by Crippen LogP contribution is 1.97. The third-order valence-corrected chi connectivity index (χ3v) is 1.79. The topological polar surface area (TPSA) is 49.7 Å². The van der Waals surface area contributed by atoms with Gasteiger partial charge < -0.3 is 14.6 Å². The Balaban J connectivity index is 0.000000396. The van der Waals surface area contributed by atoms with E-state index in [0.717, 1.165) is 0 Å². The molecule has 2 rings (SSSR count). The maximum absolute atomic E-state index is 9.17. The van der Waals surface area contributed by atoms with E-state index in [2.05, 4.69) is 0 Å². The van der Waals surface area contributed by atoms with Crippen LogP contribution in [0.1, 0.15) is 13.8 Å². The Kier molecular flexibility index (Phi) is 3.54. The molecule has 68 valence electrons. The number of fused-ring (bicyclic) bond motifs is 1. The van der Waals surface area contributed by atoms with Crippen molar-refractivity contribution in [1.29, 1.82) is 0 Å². The average Bonchev–Trinajstić information content (AvgIpc) is 2.47. The van der Waals surface area contributed by atoms with E-state index in [-0.39, 0.29) is 0 Å². The second kappa shape index (κ2) is 4.46. The maximum atomic E-state index is 9.17. The van der Waals surface area contributed by atoms with E-state index in [4.69, 9.17) is 14.6 Å². The first-order chi connectivity index (χ1) is 6.29. The molecule has 1 aliphatic rings. The first kappa shape index (κ1) is 10.3. The molecule has 0 saturated carbocycles. The molecule has 1 aromatic rings. The molecule has 0 aliphatic carbocycles. The molecule has 3 nitrogen and oxygen atoms in total. The van der Waals surface area contributed by atoms with E-state index in [1.54, 1.807) is 24.3 Å². The lowest BCUT2D eigenvalue weighted by atomic mass is 9.74. The van der Waals surface area contributed by atoms with Gasteiger partial charge in [-0.1, -0.05) is 38.1 Å². The molecule has 0 bridgehead atoms. The zero-order valence-corrected chi connectivity index (χ0v) is 7.77. The van der Waals surface area contributed by atoms with Gasteiger partial charge in [-0.25, -0.2) is 0 Å². The molecule has 0 aromatic heterocycles. The Morgan fingerprint density at radius 2 is 1.38 bits per heavy atom. The summed E-state index contributed by atoms with van der Waals surface area (Å²) in [6, 6.07) is 7.05. The summed E-state index contributed by atoms with van der Waals surface area (Å²) in [4.78, 5) is 0. The molecule has 1 heterocycles. The van der Waals surface area contributed by atoms with Crippen LogP contribution < -0.4 is 10.9 Å². The lowest BCUT2D eigenvalue weighted by Gasteiger charge is -1.94. The second-order valence-corrected chi connectivity index (χ2v) is 2.47. The van der Waals surface area contributed by atoms with Gasteiger partial charge in [-0.3, -0.25) is 0 Å². The minimum absolute atomic E-state index is 0.653. The first-order valence-electron chi connectivity index (χ1n) is 4.39. The van der Waals surface area contributed by atoms with E-state index in [1.165, 1.54) is 0 Å². The van der Waals surface area contributed by atoms with Gasteiger partial charge in [-0.2, -0.15) is 0 Å². The minimum atomic E-state index is -0.971. The number of rotatable bonds is 0. The van der Waals surface area contributed by atoms with Gasteiger partial charge in [0.2, 0.25) is 0 Å². The molecular formula is C8H12B2O3. The van der Waals surface area contributed by atoms with Gasteiger partial charge in [-0.05, 0) is 10.9 Å². The molecule has 2 N–H and O–H groups in total. The van der Waals surface area contributed by atoms with Gasteiger partial charge >= 0.3 is 14.2 Å². The monoisotopic (exact) mass is 178 g/mol. The predicted molar refractivity (Wildman–Crippen MR) is 54.1 cm³/mol. The maximum Gasteiger partial charge on any atom is 0.477 e.